The molecule has 1 unspecified atom stereocenters. The van der Waals surface area contributed by atoms with Crippen LogP contribution in [-0.4, -0.2) is 31.1 Å². The van der Waals surface area contributed by atoms with Crippen LogP contribution in [0.25, 0.3) is 0 Å². The minimum Gasteiger partial charge on any atom is -0.318 e. The van der Waals surface area contributed by atoms with Crippen LogP contribution in [0.15, 0.2) is 24.3 Å². The van der Waals surface area contributed by atoms with Gasteiger partial charge in [-0.05, 0) is 43.4 Å². The molecule has 0 saturated heterocycles. The first kappa shape index (κ1) is 12.2. The molecule has 1 aromatic carbocycles. The molecule has 0 aromatic heterocycles. The lowest BCUT2D eigenvalue weighted by Crippen LogP contribution is -2.48. The fourth-order valence-electron chi connectivity index (χ4n) is 3.30. The highest BCUT2D eigenvalue weighted by Crippen LogP contribution is 2.30. The molecule has 98 valence electrons. The SMILES string of the molecule is CNCC1Cc2ccccc2CN1CC1CCC1. The Morgan fingerprint density at radius 1 is 1.22 bits per heavy atom. The zero-order valence-corrected chi connectivity index (χ0v) is 11.4. The Morgan fingerprint density at radius 3 is 2.67 bits per heavy atom. The highest BCUT2D eigenvalue weighted by atomic mass is 15.2. The first-order valence-electron chi connectivity index (χ1n) is 7.32. The molecule has 1 fully saturated rings. The third-order valence-corrected chi connectivity index (χ3v) is 4.62. The molecule has 1 saturated carbocycles. The average molecular weight is 244 g/mol. The van der Waals surface area contributed by atoms with Crippen molar-refractivity contribution >= 4 is 0 Å². The summed E-state index contributed by atoms with van der Waals surface area (Å²) in [5.74, 6) is 0.967. The molecule has 1 aliphatic carbocycles. The minimum atomic E-state index is 0.686. The molecule has 0 radical (unpaired) electrons. The van der Waals surface area contributed by atoms with Crippen LogP contribution in [0.4, 0.5) is 0 Å². The number of fused-ring (bicyclic) bond motifs is 1. The molecular formula is C16H24N2. The summed E-state index contributed by atoms with van der Waals surface area (Å²) in [6, 6.07) is 9.65. The first-order valence-corrected chi connectivity index (χ1v) is 7.32. The summed E-state index contributed by atoms with van der Waals surface area (Å²) in [5, 5.41) is 3.37. The van der Waals surface area contributed by atoms with E-state index >= 15 is 0 Å². The van der Waals surface area contributed by atoms with Gasteiger partial charge in [-0.1, -0.05) is 30.7 Å². The summed E-state index contributed by atoms with van der Waals surface area (Å²) < 4.78 is 0. The second-order valence-electron chi connectivity index (χ2n) is 5.91. The fraction of sp³-hybridized carbons (Fsp3) is 0.625. The summed E-state index contributed by atoms with van der Waals surface area (Å²) in [7, 11) is 2.07. The molecule has 2 heteroatoms. The zero-order valence-electron chi connectivity index (χ0n) is 11.4. The van der Waals surface area contributed by atoms with E-state index in [0.717, 1.165) is 19.0 Å². The van der Waals surface area contributed by atoms with Gasteiger partial charge in [0.2, 0.25) is 0 Å². The number of nitrogens with zero attached hydrogens (tertiary/aromatic N) is 1. The Morgan fingerprint density at radius 2 is 2.00 bits per heavy atom. The van der Waals surface area contributed by atoms with Crippen molar-refractivity contribution in [2.24, 2.45) is 5.92 Å². The van der Waals surface area contributed by atoms with Crippen LogP contribution >= 0.6 is 0 Å². The molecular weight excluding hydrogens is 220 g/mol. The average Bonchev–Trinajstić information content (AvgIpc) is 2.34. The number of likely N-dealkylation sites (N-methyl/N-ethyl adjacent to an activating group) is 1. The predicted octanol–water partition coefficient (Wildman–Crippen LogP) is 2.43. The highest BCUT2D eigenvalue weighted by molar-refractivity contribution is 5.30. The molecule has 1 N–H and O–H groups in total. The molecule has 1 atom stereocenters. The monoisotopic (exact) mass is 244 g/mol. The third kappa shape index (κ3) is 2.45. The lowest BCUT2D eigenvalue weighted by atomic mass is 9.83. The molecule has 2 aliphatic rings. The quantitative estimate of drug-likeness (QED) is 0.875. The van der Waals surface area contributed by atoms with Gasteiger partial charge >= 0.3 is 0 Å². The maximum atomic E-state index is 3.37. The highest BCUT2D eigenvalue weighted by Gasteiger charge is 2.29. The summed E-state index contributed by atoms with van der Waals surface area (Å²) >= 11 is 0. The second-order valence-corrected chi connectivity index (χ2v) is 5.91. The fourth-order valence-corrected chi connectivity index (χ4v) is 3.30. The first-order chi connectivity index (χ1) is 8.86. The number of hydrogen-bond acceptors (Lipinski definition) is 2. The Labute approximate surface area is 110 Å². The third-order valence-electron chi connectivity index (χ3n) is 4.62. The molecule has 1 heterocycles. The van der Waals surface area contributed by atoms with Crippen molar-refractivity contribution < 1.29 is 0 Å². The summed E-state index contributed by atoms with van der Waals surface area (Å²) in [6.45, 7) is 3.57. The molecule has 0 amide bonds. The number of rotatable bonds is 4. The normalized spacial score (nSPS) is 24.6. The van der Waals surface area contributed by atoms with E-state index in [0.29, 0.717) is 6.04 Å². The van der Waals surface area contributed by atoms with Gasteiger partial charge in [0.15, 0.2) is 0 Å². The van der Waals surface area contributed by atoms with Crippen LogP contribution in [0.2, 0.25) is 0 Å². The van der Waals surface area contributed by atoms with Gasteiger partial charge in [0.1, 0.15) is 0 Å². The van der Waals surface area contributed by atoms with Crippen LogP contribution in [0, 0.1) is 5.92 Å². The number of hydrogen-bond donors (Lipinski definition) is 1. The van der Waals surface area contributed by atoms with Crippen molar-refractivity contribution in [1.82, 2.24) is 10.2 Å². The van der Waals surface area contributed by atoms with Crippen molar-refractivity contribution in [3.05, 3.63) is 35.4 Å². The van der Waals surface area contributed by atoms with Crippen molar-refractivity contribution in [3.8, 4) is 0 Å². The molecule has 0 bridgehead atoms. The second kappa shape index (κ2) is 5.41. The minimum absolute atomic E-state index is 0.686. The van der Waals surface area contributed by atoms with Gasteiger partial charge in [-0.15, -0.1) is 0 Å². The molecule has 3 rings (SSSR count). The maximum absolute atomic E-state index is 3.37. The lowest BCUT2D eigenvalue weighted by Gasteiger charge is -2.41. The number of nitrogens with one attached hydrogen (secondary N) is 1. The van der Waals surface area contributed by atoms with Crippen LogP contribution in [0.3, 0.4) is 0 Å². The molecule has 1 aliphatic heterocycles. The molecule has 0 spiro atoms. The van der Waals surface area contributed by atoms with Crippen LogP contribution in [0.1, 0.15) is 30.4 Å². The Balaban J connectivity index is 1.74. The molecule has 2 nitrogen and oxygen atoms in total. The van der Waals surface area contributed by atoms with Gasteiger partial charge in [0, 0.05) is 25.7 Å². The topological polar surface area (TPSA) is 15.3 Å². The van der Waals surface area contributed by atoms with Gasteiger partial charge in [-0.25, -0.2) is 0 Å². The van der Waals surface area contributed by atoms with Crippen LogP contribution < -0.4 is 5.32 Å². The van der Waals surface area contributed by atoms with E-state index in [1.165, 1.54) is 32.2 Å². The predicted molar refractivity (Wildman–Crippen MR) is 75.6 cm³/mol. The van der Waals surface area contributed by atoms with Crippen molar-refractivity contribution in [3.63, 3.8) is 0 Å². The van der Waals surface area contributed by atoms with E-state index in [1.54, 1.807) is 11.1 Å². The maximum Gasteiger partial charge on any atom is 0.0264 e. The van der Waals surface area contributed by atoms with Gasteiger partial charge in [0.25, 0.3) is 0 Å². The Hall–Kier alpha value is -0.860. The van der Waals surface area contributed by atoms with E-state index < -0.39 is 0 Å². The summed E-state index contributed by atoms with van der Waals surface area (Å²) in [5.41, 5.74) is 3.10. The van der Waals surface area contributed by atoms with Crippen molar-refractivity contribution in [2.75, 3.05) is 20.1 Å². The Bertz CT molecular complexity index is 398. The van der Waals surface area contributed by atoms with Crippen molar-refractivity contribution in [2.45, 2.75) is 38.3 Å². The van der Waals surface area contributed by atoms with E-state index in [4.69, 9.17) is 0 Å². The standard InChI is InChI=1S/C16H24N2/c1-17-10-16-9-14-7-2-3-8-15(14)12-18(16)11-13-5-4-6-13/h2-3,7-8,13,16-17H,4-6,9-12H2,1H3. The van der Waals surface area contributed by atoms with Gasteiger partial charge in [-0.3, -0.25) is 4.90 Å². The van der Waals surface area contributed by atoms with Crippen LogP contribution in [-0.2, 0) is 13.0 Å². The molecule has 1 aromatic rings. The van der Waals surface area contributed by atoms with Crippen molar-refractivity contribution in [1.29, 1.82) is 0 Å². The van der Waals surface area contributed by atoms with Crippen LogP contribution in [0.5, 0.6) is 0 Å². The lowest BCUT2D eigenvalue weighted by molar-refractivity contribution is 0.114. The Kier molecular flexibility index (Phi) is 3.67. The van der Waals surface area contributed by atoms with E-state index in [2.05, 4.69) is 41.5 Å². The summed E-state index contributed by atoms with van der Waals surface area (Å²) in [4.78, 5) is 2.71. The van der Waals surface area contributed by atoms with Gasteiger partial charge in [-0.2, -0.15) is 0 Å². The molecule has 18 heavy (non-hydrogen) atoms. The number of benzene rings is 1. The van der Waals surface area contributed by atoms with E-state index in [9.17, 15) is 0 Å². The summed E-state index contributed by atoms with van der Waals surface area (Å²) in [6.07, 6.45) is 5.56. The van der Waals surface area contributed by atoms with E-state index in [1.807, 2.05) is 0 Å². The van der Waals surface area contributed by atoms with Gasteiger partial charge < -0.3 is 5.32 Å². The smallest absolute Gasteiger partial charge is 0.0264 e. The largest absolute Gasteiger partial charge is 0.318 e. The zero-order chi connectivity index (χ0) is 12.4. The van der Waals surface area contributed by atoms with E-state index in [-0.39, 0.29) is 0 Å². The van der Waals surface area contributed by atoms with Gasteiger partial charge in [0.05, 0.1) is 0 Å².